The normalized spacial score (nSPS) is 21.5. The zero-order valence-electron chi connectivity index (χ0n) is 19.8. The number of benzene rings is 2. The fourth-order valence-corrected chi connectivity index (χ4v) is 3.75. The van der Waals surface area contributed by atoms with Crippen molar-refractivity contribution in [3.63, 3.8) is 0 Å². The maximum atomic E-state index is 13.2. The van der Waals surface area contributed by atoms with Gasteiger partial charge >= 0.3 is 0 Å². The van der Waals surface area contributed by atoms with E-state index in [1.807, 2.05) is 12.1 Å². The SMILES string of the molecule is CC1OCC(=O)C1(C)NC(=O)C(Cc1cccc(O)c1)NC(=O)c1ccc(C(C)(C)C)cc1. The summed E-state index contributed by atoms with van der Waals surface area (Å²) in [6.45, 7) is 9.56. The number of ether oxygens (including phenoxy) is 1. The second-order valence-corrected chi connectivity index (χ2v) is 9.80. The molecule has 1 aliphatic heterocycles. The number of aromatic hydroxyl groups is 1. The third kappa shape index (κ3) is 5.60. The van der Waals surface area contributed by atoms with E-state index in [0.717, 1.165) is 5.56 Å². The van der Waals surface area contributed by atoms with Crippen LogP contribution in [0.25, 0.3) is 0 Å². The molecule has 3 atom stereocenters. The number of phenols is 1. The van der Waals surface area contributed by atoms with E-state index in [1.165, 1.54) is 6.07 Å². The number of carbonyl (C=O) groups is 3. The van der Waals surface area contributed by atoms with Gasteiger partial charge in [0.1, 0.15) is 23.9 Å². The molecule has 33 heavy (non-hydrogen) atoms. The molecule has 0 radical (unpaired) electrons. The molecule has 7 nitrogen and oxygen atoms in total. The first-order valence-corrected chi connectivity index (χ1v) is 11.1. The number of phenolic OH excluding ortho intramolecular Hbond substituents is 1. The van der Waals surface area contributed by atoms with Crippen LogP contribution in [-0.4, -0.2) is 47.0 Å². The second-order valence-electron chi connectivity index (χ2n) is 9.80. The Bertz CT molecular complexity index is 1040. The summed E-state index contributed by atoms with van der Waals surface area (Å²) >= 11 is 0. The van der Waals surface area contributed by atoms with Crippen molar-refractivity contribution in [2.45, 2.75) is 64.1 Å². The Morgan fingerprint density at radius 2 is 1.85 bits per heavy atom. The smallest absolute Gasteiger partial charge is 0.251 e. The number of Topliss-reactive ketones (excluding diaryl/α,β-unsaturated/α-hetero) is 1. The molecule has 0 aromatic heterocycles. The first-order chi connectivity index (χ1) is 15.4. The summed E-state index contributed by atoms with van der Waals surface area (Å²) in [7, 11) is 0. The third-order valence-electron chi connectivity index (χ3n) is 6.22. The van der Waals surface area contributed by atoms with Gasteiger partial charge in [0.2, 0.25) is 5.91 Å². The summed E-state index contributed by atoms with van der Waals surface area (Å²) in [6, 6.07) is 12.8. The monoisotopic (exact) mass is 452 g/mol. The Morgan fingerprint density at radius 3 is 2.39 bits per heavy atom. The van der Waals surface area contributed by atoms with Crippen molar-refractivity contribution in [3.8, 4) is 5.75 Å². The number of nitrogens with one attached hydrogen (secondary N) is 2. The quantitative estimate of drug-likeness (QED) is 0.625. The predicted molar refractivity (Wildman–Crippen MR) is 125 cm³/mol. The second kappa shape index (κ2) is 9.35. The van der Waals surface area contributed by atoms with Crippen LogP contribution >= 0.6 is 0 Å². The van der Waals surface area contributed by atoms with E-state index in [4.69, 9.17) is 4.74 Å². The first kappa shape index (κ1) is 24.5. The summed E-state index contributed by atoms with van der Waals surface area (Å²) in [6.07, 6.45) is -0.345. The van der Waals surface area contributed by atoms with Crippen LogP contribution in [0.3, 0.4) is 0 Å². The molecule has 7 heteroatoms. The van der Waals surface area contributed by atoms with Crippen molar-refractivity contribution in [3.05, 3.63) is 65.2 Å². The van der Waals surface area contributed by atoms with E-state index in [0.29, 0.717) is 11.1 Å². The van der Waals surface area contributed by atoms with E-state index in [9.17, 15) is 19.5 Å². The standard InChI is InChI=1S/C26H32N2O5/c1-16-26(5,22(30)15-33-16)28-24(32)21(14-17-7-6-8-20(29)13-17)27-23(31)18-9-11-19(12-10-18)25(2,3)4/h6-13,16,21,29H,14-15H2,1-5H3,(H,27,31)(H,28,32). The molecule has 0 aliphatic carbocycles. The minimum Gasteiger partial charge on any atom is -0.508 e. The molecule has 1 fully saturated rings. The van der Waals surface area contributed by atoms with Gasteiger partial charge in [-0.3, -0.25) is 14.4 Å². The number of amides is 2. The van der Waals surface area contributed by atoms with E-state index >= 15 is 0 Å². The van der Waals surface area contributed by atoms with Gasteiger partial charge in [-0.05, 0) is 54.7 Å². The van der Waals surface area contributed by atoms with E-state index < -0.39 is 29.5 Å². The number of hydrogen-bond acceptors (Lipinski definition) is 5. The summed E-state index contributed by atoms with van der Waals surface area (Å²) in [4.78, 5) is 38.6. The van der Waals surface area contributed by atoms with Crippen molar-refractivity contribution in [1.82, 2.24) is 10.6 Å². The Kier molecular flexibility index (Phi) is 6.93. The number of rotatable bonds is 6. The van der Waals surface area contributed by atoms with Crippen LogP contribution in [0.4, 0.5) is 0 Å². The Hall–Kier alpha value is -3.19. The van der Waals surface area contributed by atoms with Crippen LogP contribution in [-0.2, 0) is 26.2 Å². The van der Waals surface area contributed by atoms with E-state index in [2.05, 4.69) is 31.4 Å². The van der Waals surface area contributed by atoms with Crippen LogP contribution in [0.15, 0.2) is 48.5 Å². The number of ketones is 1. The molecule has 3 N–H and O–H groups in total. The highest BCUT2D eigenvalue weighted by atomic mass is 16.5. The highest BCUT2D eigenvalue weighted by Gasteiger charge is 2.47. The van der Waals surface area contributed by atoms with Gasteiger partial charge in [-0.15, -0.1) is 0 Å². The molecule has 3 rings (SSSR count). The Balaban J connectivity index is 1.82. The highest BCUT2D eigenvalue weighted by molar-refractivity contribution is 6.00. The van der Waals surface area contributed by atoms with Gasteiger partial charge in [0.25, 0.3) is 5.91 Å². The fraction of sp³-hybridized carbons (Fsp3) is 0.423. The van der Waals surface area contributed by atoms with Gasteiger partial charge < -0.3 is 20.5 Å². The third-order valence-corrected chi connectivity index (χ3v) is 6.22. The van der Waals surface area contributed by atoms with Gasteiger partial charge in [-0.1, -0.05) is 45.0 Å². The lowest BCUT2D eigenvalue weighted by Crippen LogP contribution is -2.60. The average Bonchev–Trinajstić information content (AvgIpc) is 2.99. The first-order valence-electron chi connectivity index (χ1n) is 11.1. The number of carbonyl (C=O) groups excluding carboxylic acids is 3. The summed E-state index contributed by atoms with van der Waals surface area (Å²) in [5.41, 5.74) is 0.971. The van der Waals surface area contributed by atoms with E-state index in [1.54, 1.807) is 44.2 Å². The van der Waals surface area contributed by atoms with Crippen molar-refractivity contribution in [1.29, 1.82) is 0 Å². The van der Waals surface area contributed by atoms with Gasteiger partial charge in [-0.25, -0.2) is 0 Å². The van der Waals surface area contributed by atoms with Gasteiger partial charge in [0.15, 0.2) is 5.78 Å². The fourth-order valence-electron chi connectivity index (χ4n) is 3.75. The maximum Gasteiger partial charge on any atom is 0.251 e. The molecule has 1 heterocycles. The van der Waals surface area contributed by atoms with Crippen molar-refractivity contribution >= 4 is 17.6 Å². The van der Waals surface area contributed by atoms with Crippen molar-refractivity contribution < 1.29 is 24.2 Å². The molecule has 2 aromatic carbocycles. The lowest BCUT2D eigenvalue weighted by Gasteiger charge is -2.30. The number of hydrogen-bond donors (Lipinski definition) is 3. The molecular weight excluding hydrogens is 420 g/mol. The van der Waals surface area contributed by atoms with E-state index in [-0.39, 0.29) is 30.0 Å². The lowest BCUT2D eigenvalue weighted by molar-refractivity contribution is -0.130. The van der Waals surface area contributed by atoms with Gasteiger partial charge in [0.05, 0.1) is 6.10 Å². The molecule has 3 unspecified atom stereocenters. The van der Waals surface area contributed by atoms with Gasteiger partial charge in [-0.2, -0.15) is 0 Å². The summed E-state index contributed by atoms with van der Waals surface area (Å²) in [5, 5.41) is 15.4. The van der Waals surface area contributed by atoms with Crippen LogP contribution < -0.4 is 10.6 Å². The van der Waals surface area contributed by atoms with Crippen LogP contribution in [0.1, 0.15) is 56.1 Å². The van der Waals surface area contributed by atoms with Crippen LogP contribution in [0.5, 0.6) is 5.75 Å². The molecule has 1 saturated heterocycles. The van der Waals surface area contributed by atoms with Crippen molar-refractivity contribution in [2.24, 2.45) is 0 Å². The molecule has 0 bridgehead atoms. The largest absolute Gasteiger partial charge is 0.508 e. The molecular formula is C26H32N2O5. The molecule has 2 amide bonds. The Morgan fingerprint density at radius 1 is 1.18 bits per heavy atom. The zero-order chi connectivity index (χ0) is 24.4. The molecule has 2 aromatic rings. The van der Waals surface area contributed by atoms with Crippen LogP contribution in [0.2, 0.25) is 0 Å². The summed E-state index contributed by atoms with van der Waals surface area (Å²) < 4.78 is 5.40. The minimum absolute atomic E-state index is 0.0469. The average molecular weight is 453 g/mol. The molecule has 1 aliphatic rings. The highest BCUT2D eigenvalue weighted by Crippen LogP contribution is 2.24. The zero-order valence-corrected chi connectivity index (χ0v) is 19.8. The topological polar surface area (TPSA) is 105 Å². The predicted octanol–water partition coefficient (Wildman–Crippen LogP) is 2.89. The van der Waals surface area contributed by atoms with Crippen molar-refractivity contribution in [2.75, 3.05) is 6.61 Å². The maximum absolute atomic E-state index is 13.2. The lowest BCUT2D eigenvalue weighted by atomic mass is 9.86. The Labute approximate surface area is 194 Å². The van der Waals surface area contributed by atoms with Crippen LogP contribution in [0, 0.1) is 0 Å². The molecule has 0 saturated carbocycles. The molecule has 0 spiro atoms. The summed E-state index contributed by atoms with van der Waals surface area (Å²) in [5.74, 6) is -1.05. The van der Waals surface area contributed by atoms with Gasteiger partial charge in [0, 0.05) is 12.0 Å². The molecule has 176 valence electrons. The minimum atomic E-state index is -1.17.